The van der Waals surface area contributed by atoms with Crippen molar-refractivity contribution in [2.75, 3.05) is 18.4 Å². The van der Waals surface area contributed by atoms with E-state index in [4.69, 9.17) is 4.98 Å². The molecule has 8 heteroatoms. The number of carbonyl (C=O) groups excluding carboxylic acids is 1. The number of halogens is 1. The second-order valence-corrected chi connectivity index (χ2v) is 10.4. The predicted molar refractivity (Wildman–Crippen MR) is 137 cm³/mol. The molecule has 0 radical (unpaired) electrons. The largest absolute Gasteiger partial charge is 0.359 e. The minimum Gasteiger partial charge on any atom is -0.359 e. The van der Waals surface area contributed by atoms with Crippen LogP contribution in [0.4, 0.5) is 9.52 Å². The van der Waals surface area contributed by atoms with Crippen LogP contribution >= 0.6 is 22.7 Å². The summed E-state index contributed by atoms with van der Waals surface area (Å²) in [5.74, 6) is -0.350. The Bertz CT molecular complexity index is 1270. The van der Waals surface area contributed by atoms with Crippen molar-refractivity contribution in [1.29, 1.82) is 0 Å². The maximum absolute atomic E-state index is 13.6. The molecule has 0 spiro atoms. The molecule has 34 heavy (non-hydrogen) atoms. The second-order valence-electron chi connectivity index (χ2n) is 8.35. The molecule has 1 aliphatic heterocycles. The monoisotopic (exact) mass is 492 g/mol. The summed E-state index contributed by atoms with van der Waals surface area (Å²) in [7, 11) is 0. The van der Waals surface area contributed by atoms with Crippen molar-refractivity contribution >= 4 is 33.7 Å². The Morgan fingerprint density at radius 2 is 1.88 bits per heavy atom. The quantitative estimate of drug-likeness (QED) is 0.334. The first kappa shape index (κ1) is 22.7. The standard InChI is InChI=1S/C26H25FN4OS2/c1-17-29-23(24(34-17)19-10-12-20(27)13-11-19)25(32)31-14-6-5-9-21(31)15-28-26-30-22(16-33-26)18-7-3-2-4-8-18/h2-4,7-8,10-13,16,21H,5-6,9,14-15H2,1H3,(H,28,30). The van der Waals surface area contributed by atoms with Crippen molar-refractivity contribution in [2.45, 2.75) is 32.2 Å². The van der Waals surface area contributed by atoms with Gasteiger partial charge >= 0.3 is 0 Å². The van der Waals surface area contributed by atoms with Gasteiger partial charge in [0.25, 0.3) is 5.91 Å². The summed E-state index contributed by atoms with van der Waals surface area (Å²) in [6, 6.07) is 16.4. The number of likely N-dealkylation sites (tertiary alicyclic amines) is 1. The summed E-state index contributed by atoms with van der Waals surface area (Å²) < 4.78 is 13.4. The minimum absolute atomic E-state index is 0.0562. The van der Waals surface area contributed by atoms with Gasteiger partial charge in [-0.3, -0.25) is 4.79 Å². The average molecular weight is 493 g/mol. The van der Waals surface area contributed by atoms with Crippen LogP contribution in [0.3, 0.4) is 0 Å². The van der Waals surface area contributed by atoms with Gasteiger partial charge in [-0.25, -0.2) is 14.4 Å². The SMILES string of the molecule is Cc1nc(C(=O)N2CCCCC2CNc2nc(-c3ccccc3)cs2)c(-c2ccc(F)cc2)s1. The number of amides is 1. The summed E-state index contributed by atoms with van der Waals surface area (Å²) in [5, 5.41) is 7.18. The molecule has 1 saturated heterocycles. The van der Waals surface area contributed by atoms with Crippen LogP contribution < -0.4 is 5.32 Å². The first-order valence-corrected chi connectivity index (χ1v) is 13.1. The lowest BCUT2D eigenvalue weighted by molar-refractivity contribution is 0.0623. The van der Waals surface area contributed by atoms with E-state index in [0.717, 1.165) is 51.1 Å². The molecule has 1 amide bonds. The molecule has 1 fully saturated rings. The molecular formula is C26H25FN4OS2. The minimum atomic E-state index is -0.294. The summed E-state index contributed by atoms with van der Waals surface area (Å²) >= 11 is 3.05. The number of rotatable bonds is 6. The van der Waals surface area contributed by atoms with Gasteiger partial charge in [0.05, 0.1) is 15.6 Å². The first-order valence-electron chi connectivity index (χ1n) is 11.4. The molecule has 174 valence electrons. The Labute approximate surface area is 206 Å². The first-order chi connectivity index (χ1) is 16.6. The number of hydrogen-bond acceptors (Lipinski definition) is 6. The van der Waals surface area contributed by atoms with Gasteiger partial charge in [0.1, 0.15) is 11.5 Å². The molecule has 0 saturated carbocycles. The van der Waals surface area contributed by atoms with Crippen molar-refractivity contribution < 1.29 is 9.18 Å². The van der Waals surface area contributed by atoms with Crippen molar-refractivity contribution in [1.82, 2.24) is 14.9 Å². The Hall–Kier alpha value is -3.10. The molecule has 0 bridgehead atoms. The fourth-order valence-corrected chi connectivity index (χ4v) is 5.93. The van der Waals surface area contributed by atoms with Crippen LogP contribution in [0.15, 0.2) is 60.0 Å². The van der Waals surface area contributed by atoms with Crippen LogP contribution in [-0.2, 0) is 0 Å². The van der Waals surface area contributed by atoms with Crippen LogP contribution in [0, 0.1) is 12.7 Å². The van der Waals surface area contributed by atoms with Crippen LogP contribution in [0.1, 0.15) is 34.8 Å². The third-order valence-corrected chi connectivity index (χ3v) is 7.81. The lowest BCUT2D eigenvalue weighted by Gasteiger charge is -2.35. The zero-order valence-corrected chi connectivity index (χ0v) is 20.5. The van der Waals surface area contributed by atoms with E-state index in [1.807, 2.05) is 30.0 Å². The highest BCUT2D eigenvalue weighted by Crippen LogP contribution is 2.33. The van der Waals surface area contributed by atoms with Gasteiger partial charge in [0.2, 0.25) is 0 Å². The molecule has 1 unspecified atom stereocenters. The highest BCUT2D eigenvalue weighted by molar-refractivity contribution is 7.15. The number of nitrogens with one attached hydrogen (secondary N) is 1. The molecular weight excluding hydrogens is 467 g/mol. The number of aromatic nitrogens is 2. The Balaban J connectivity index is 1.32. The number of nitrogens with zero attached hydrogens (tertiary/aromatic N) is 3. The van der Waals surface area contributed by atoms with Gasteiger partial charge in [-0.2, -0.15) is 0 Å². The van der Waals surface area contributed by atoms with E-state index in [2.05, 4.69) is 27.8 Å². The highest BCUT2D eigenvalue weighted by atomic mass is 32.1. The van der Waals surface area contributed by atoms with E-state index >= 15 is 0 Å². The highest BCUT2D eigenvalue weighted by Gasteiger charge is 2.31. The van der Waals surface area contributed by atoms with E-state index in [-0.39, 0.29) is 17.8 Å². The zero-order chi connectivity index (χ0) is 23.5. The van der Waals surface area contributed by atoms with E-state index < -0.39 is 0 Å². The number of hydrogen-bond donors (Lipinski definition) is 1. The van der Waals surface area contributed by atoms with Crippen molar-refractivity contribution in [3.05, 3.63) is 76.5 Å². The molecule has 2 aromatic heterocycles. The third kappa shape index (κ3) is 4.88. The predicted octanol–water partition coefficient (Wildman–Crippen LogP) is 6.49. The molecule has 1 aliphatic rings. The van der Waals surface area contributed by atoms with Crippen molar-refractivity contribution in [3.63, 3.8) is 0 Å². The summed E-state index contributed by atoms with van der Waals surface area (Å²) in [4.78, 5) is 25.7. The van der Waals surface area contributed by atoms with Gasteiger partial charge in [-0.15, -0.1) is 22.7 Å². The fraction of sp³-hybridized carbons (Fsp3) is 0.269. The third-order valence-electron chi connectivity index (χ3n) is 5.99. The molecule has 5 rings (SSSR count). The lowest BCUT2D eigenvalue weighted by atomic mass is 10.0. The Kier molecular flexibility index (Phi) is 6.69. The van der Waals surface area contributed by atoms with Crippen LogP contribution in [0.2, 0.25) is 0 Å². The number of thiazole rings is 2. The molecule has 1 atom stereocenters. The number of anilines is 1. The van der Waals surface area contributed by atoms with Crippen LogP contribution in [-0.4, -0.2) is 39.9 Å². The normalized spacial score (nSPS) is 15.9. The Morgan fingerprint density at radius 1 is 1.09 bits per heavy atom. The maximum Gasteiger partial charge on any atom is 0.274 e. The van der Waals surface area contributed by atoms with Gasteiger partial charge in [-0.1, -0.05) is 42.5 Å². The van der Waals surface area contributed by atoms with Gasteiger partial charge in [0.15, 0.2) is 5.13 Å². The number of benzene rings is 2. The van der Waals surface area contributed by atoms with E-state index in [1.165, 1.54) is 23.5 Å². The molecule has 3 heterocycles. The molecule has 2 aromatic carbocycles. The van der Waals surface area contributed by atoms with E-state index in [9.17, 15) is 9.18 Å². The lowest BCUT2D eigenvalue weighted by Crippen LogP contribution is -2.47. The maximum atomic E-state index is 13.6. The molecule has 4 aromatic rings. The van der Waals surface area contributed by atoms with Gasteiger partial charge in [0, 0.05) is 30.1 Å². The number of piperidine rings is 1. The van der Waals surface area contributed by atoms with E-state index in [1.54, 1.807) is 23.5 Å². The smallest absolute Gasteiger partial charge is 0.274 e. The summed E-state index contributed by atoms with van der Waals surface area (Å²) in [6.45, 7) is 3.25. The molecule has 1 N–H and O–H groups in total. The molecule has 0 aliphatic carbocycles. The zero-order valence-electron chi connectivity index (χ0n) is 18.8. The van der Waals surface area contributed by atoms with Crippen molar-refractivity contribution in [3.8, 4) is 21.7 Å². The molecule has 5 nitrogen and oxygen atoms in total. The van der Waals surface area contributed by atoms with Gasteiger partial charge in [-0.05, 0) is 43.9 Å². The fourth-order valence-electron chi connectivity index (χ4n) is 4.29. The van der Waals surface area contributed by atoms with E-state index in [0.29, 0.717) is 18.8 Å². The number of aryl methyl sites for hydroxylation is 1. The topological polar surface area (TPSA) is 58.1 Å². The number of carbonyl (C=O) groups is 1. The van der Waals surface area contributed by atoms with Gasteiger partial charge < -0.3 is 10.2 Å². The summed E-state index contributed by atoms with van der Waals surface area (Å²) in [5.41, 5.74) is 3.32. The van der Waals surface area contributed by atoms with Crippen molar-refractivity contribution in [2.24, 2.45) is 0 Å². The second kappa shape index (κ2) is 10.0. The summed E-state index contributed by atoms with van der Waals surface area (Å²) in [6.07, 6.45) is 3.00. The van der Waals surface area contributed by atoms with Crippen LogP contribution in [0.5, 0.6) is 0 Å². The Morgan fingerprint density at radius 3 is 2.68 bits per heavy atom. The van der Waals surface area contributed by atoms with Crippen LogP contribution in [0.25, 0.3) is 21.7 Å². The average Bonchev–Trinajstić information content (AvgIpc) is 3.50.